The van der Waals surface area contributed by atoms with Gasteiger partial charge < -0.3 is 0 Å². The van der Waals surface area contributed by atoms with E-state index in [2.05, 4.69) is 0 Å². The smallest absolute Gasteiger partial charge is 0.123 e. The van der Waals surface area contributed by atoms with Crippen LogP contribution < -0.4 is 0 Å². The first-order valence-corrected chi connectivity index (χ1v) is 5.90. The van der Waals surface area contributed by atoms with E-state index >= 15 is 0 Å². The molecule has 0 aliphatic rings. The van der Waals surface area contributed by atoms with Gasteiger partial charge in [-0.1, -0.05) is 48.6 Å². The van der Waals surface area contributed by atoms with Crippen LogP contribution in [-0.4, -0.2) is 0 Å². The molecule has 2 aromatic rings. The zero-order valence-corrected chi connectivity index (χ0v) is 9.99. The number of alkyl halides is 1. The van der Waals surface area contributed by atoms with Crippen molar-refractivity contribution in [1.29, 1.82) is 0 Å². The first-order chi connectivity index (χ1) is 8.28. The summed E-state index contributed by atoms with van der Waals surface area (Å²) in [6, 6.07) is 14.5. The van der Waals surface area contributed by atoms with Crippen LogP contribution in [0.4, 0.5) is 4.39 Å². The van der Waals surface area contributed by atoms with Crippen LogP contribution in [0.2, 0.25) is 0 Å². The first-order valence-electron chi connectivity index (χ1n) is 5.36. The average molecular weight is 247 g/mol. The van der Waals surface area contributed by atoms with Gasteiger partial charge in [-0.15, -0.1) is 11.6 Å². The Morgan fingerprint density at radius 3 is 2.29 bits per heavy atom. The van der Waals surface area contributed by atoms with E-state index < -0.39 is 0 Å². The van der Waals surface area contributed by atoms with E-state index in [1.54, 1.807) is 6.07 Å². The van der Waals surface area contributed by atoms with E-state index in [4.69, 9.17) is 11.6 Å². The molecule has 0 fully saturated rings. The standard InChI is InChI=1S/C15H12ClF/c16-11-14-8-5-12(6-9-14)4-7-13-2-1-3-15(17)10-13/h1-10H,11H2/b7-4+. The zero-order chi connectivity index (χ0) is 12.1. The molecule has 2 aromatic carbocycles. The van der Waals surface area contributed by atoms with Gasteiger partial charge in [-0.3, -0.25) is 0 Å². The minimum atomic E-state index is -0.218. The second kappa shape index (κ2) is 5.65. The lowest BCUT2D eigenvalue weighted by atomic mass is 10.1. The Kier molecular flexibility index (Phi) is 3.94. The lowest BCUT2D eigenvalue weighted by Gasteiger charge is -1.97. The second-order valence-corrected chi connectivity index (χ2v) is 4.03. The van der Waals surface area contributed by atoms with Crippen molar-refractivity contribution in [1.82, 2.24) is 0 Å². The van der Waals surface area contributed by atoms with Crippen molar-refractivity contribution in [2.45, 2.75) is 5.88 Å². The van der Waals surface area contributed by atoms with Crippen molar-refractivity contribution in [3.8, 4) is 0 Å². The molecule has 86 valence electrons. The van der Waals surface area contributed by atoms with Crippen LogP contribution in [0.3, 0.4) is 0 Å². The zero-order valence-electron chi connectivity index (χ0n) is 9.24. The first kappa shape index (κ1) is 11.9. The summed E-state index contributed by atoms with van der Waals surface area (Å²) in [7, 11) is 0. The molecule has 0 aromatic heterocycles. The van der Waals surface area contributed by atoms with E-state index in [0.29, 0.717) is 5.88 Å². The maximum absolute atomic E-state index is 12.9. The molecule has 2 rings (SSSR count). The number of benzene rings is 2. The fourth-order valence-corrected chi connectivity index (χ4v) is 1.70. The molecule has 0 heterocycles. The third-order valence-corrected chi connectivity index (χ3v) is 2.76. The van der Waals surface area contributed by atoms with E-state index in [-0.39, 0.29) is 5.82 Å². The van der Waals surface area contributed by atoms with Crippen molar-refractivity contribution in [3.05, 3.63) is 71.0 Å². The quantitative estimate of drug-likeness (QED) is 0.542. The molecular formula is C15H12ClF. The van der Waals surface area contributed by atoms with Crippen LogP contribution in [-0.2, 0) is 5.88 Å². The van der Waals surface area contributed by atoms with Gasteiger partial charge in [0.1, 0.15) is 5.82 Å². The van der Waals surface area contributed by atoms with Gasteiger partial charge in [-0.25, -0.2) is 4.39 Å². The van der Waals surface area contributed by atoms with E-state index in [1.807, 2.05) is 42.5 Å². The highest BCUT2D eigenvalue weighted by Crippen LogP contribution is 2.11. The molecule has 0 radical (unpaired) electrons. The van der Waals surface area contributed by atoms with Crippen molar-refractivity contribution in [3.63, 3.8) is 0 Å². The molecule has 0 saturated heterocycles. The van der Waals surface area contributed by atoms with Crippen LogP contribution >= 0.6 is 11.6 Å². The van der Waals surface area contributed by atoms with Gasteiger partial charge >= 0.3 is 0 Å². The topological polar surface area (TPSA) is 0 Å². The van der Waals surface area contributed by atoms with Gasteiger partial charge in [0.15, 0.2) is 0 Å². The Hall–Kier alpha value is -1.60. The molecule has 17 heavy (non-hydrogen) atoms. The van der Waals surface area contributed by atoms with E-state index in [9.17, 15) is 4.39 Å². The summed E-state index contributed by atoms with van der Waals surface area (Å²) in [6.07, 6.45) is 3.84. The normalized spacial score (nSPS) is 10.9. The molecule has 0 nitrogen and oxygen atoms in total. The summed E-state index contributed by atoms with van der Waals surface area (Å²) in [5, 5.41) is 0. The third-order valence-electron chi connectivity index (χ3n) is 2.45. The van der Waals surface area contributed by atoms with E-state index in [0.717, 1.165) is 16.7 Å². The van der Waals surface area contributed by atoms with Gasteiger partial charge in [-0.2, -0.15) is 0 Å². The van der Waals surface area contributed by atoms with Crippen molar-refractivity contribution < 1.29 is 4.39 Å². The molecule has 2 heteroatoms. The number of rotatable bonds is 3. The van der Waals surface area contributed by atoms with Gasteiger partial charge in [0.25, 0.3) is 0 Å². The number of hydrogen-bond donors (Lipinski definition) is 0. The summed E-state index contributed by atoms with van der Waals surface area (Å²) in [5.74, 6) is 0.304. The third kappa shape index (κ3) is 3.43. The average Bonchev–Trinajstić information content (AvgIpc) is 2.37. The number of halogens is 2. The lowest BCUT2D eigenvalue weighted by molar-refractivity contribution is 0.627. The van der Waals surface area contributed by atoms with Crippen LogP contribution in [0, 0.1) is 5.82 Å². The Balaban J connectivity index is 2.14. The molecule has 0 atom stereocenters. The van der Waals surface area contributed by atoms with Crippen LogP contribution in [0.25, 0.3) is 12.2 Å². The Morgan fingerprint density at radius 2 is 1.65 bits per heavy atom. The second-order valence-electron chi connectivity index (χ2n) is 3.76. The highest BCUT2D eigenvalue weighted by atomic mass is 35.5. The van der Waals surface area contributed by atoms with Gasteiger partial charge in [-0.05, 0) is 28.8 Å². The van der Waals surface area contributed by atoms with Crippen LogP contribution in [0.1, 0.15) is 16.7 Å². The molecule has 0 amide bonds. The fraction of sp³-hybridized carbons (Fsp3) is 0.0667. The minimum Gasteiger partial charge on any atom is -0.207 e. The Labute approximate surface area is 105 Å². The van der Waals surface area contributed by atoms with E-state index in [1.165, 1.54) is 12.1 Å². The molecule has 0 aliphatic carbocycles. The highest BCUT2D eigenvalue weighted by Gasteiger charge is 1.92. The van der Waals surface area contributed by atoms with Crippen LogP contribution in [0.5, 0.6) is 0 Å². The Morgan fingerprint density at radius 1 is 0.941 bits per heavy atom. The number of hydrogen-bond acceptors (Lipinski definition) is 0. The molecule has 0 saturated carbocycles. The van der Waals surface area contributed by atoms with Crippen molar-refractivity contribution in [2.75, 3.05) is 0 Å². The summed E-state index contributed by atoms with van der Waals surface area (Å²) < 4.78 is 12.9. The van der Waals surface area contributed by atoms with Crippen molar-refractivity contribution >= 4 is 23.8 Å². The predicted molar refractivity (Wildman–Crippen MR) is 71.3 cm³/mol. The Bertz CT molecular complexity index is 515. The van der Waals surface area contributed by atoms with Gasteiger partial charge in [0.05, 0.1) is 0 Å². The summed E-state index contributed by atoms with van der Waals surface area (Å²) in [6.45, 7) is 0. The molecule has 0 aliphatic heterocycles. The van der Waals surface area contributed by atoms with Gasteiger partial charge in [0.2, 0.25) is 0 Å². The summed E-state index contributed by atoms with van der Waals surface area (Å²) >= 11 is 5.71. The highest BCUT2D eigenvalue weighted by molar-refractivity contribution is 6.17. The summed E-state index contributed by atoms with van der Waals surface area (Å²) in [5.41, 5.74) is 3.02. The lowest BCUT2D eigenvalue weighted by Crippen LogP contribution is -1.78. The molecule has 0 N–H and O–H groups in total. The molecular weight excluding hydrogens is 235 g/mol. The summed E-state index contributed by atoms with van der Waals surface area (Å²) in [4.78, 5) is 0. The molecule has 0 spiro atoms. The monoisotopic (exact) mass is 246 g/mol. The fourth-order valence-electron chi connectivity index (χ4n) is 1.52. The SMILES string of the molecule is Fc1cccc(/C=C/c2ccc(CCl)cc2)c1. The minimum absolute atomic E-state index is 0.218. The largest absolute Gasteiger partial charge is 0.207 e. The predicted octanol–water partition coefficient (Wildman–Crippen LogP) is 4.73. The van der Waals surface area contributed by atoms with Gasteiger partial charge in [0, 0.05) is 5.88 Å². The van der Waals surface area contributed by atoms with Crippen molar-refractivity contribution in [2.24, 2.45) is 0 Å². The van der Waals surface area contributed by atoms with Crippen LogP contribution in [0.15, 0.2) is 48.5 Å². The molecule has 0 bridgehead atoms. The molecule has 0 unspecified atom stereocenters. The maximum Gasteiger partial charge on any atom is 0.123 e. The maximum atomic E-state index is 12.9.